The van der Waals surface area contributed by atoms with Crippen molar-refractivity contribution in [2.45, 2.75) is 12.4 Å². The average Bonchev–Trinajstić information content (AvgIpc) is 2.71. The molecule has 2 heterocycles. The second-order valence-corrected chi connectivity index (χ2v) is 5.30. The molecule has 0 amide bonds. The zero-order valence-corrected chi connectivity index (χ0v) is 9.31. The van der Waals surface area contributed by atoms with E-state index in [0.29, 0.717) is 13.2 Å². The zero-order chi connectivity index (χ0) is 9.26. The second kappa shape index (κ2) is 4.06. The van der Waals surface area contributed by atoms with Crippen LogP contribution >= 0.6 is 27.3 Å². The van der Waals surface area contributed by atoms with Gasteiger partial charge in [0.05, 0.1) is 21.4 Å². The summed E-state index contributed by atoms with van der Waals surface area (Å²) in [7, 11) is 0. The topological polar surface area (TPSA) is 44.5 Å². The molecule has 1 aliphatic heterocycles. The second-order valence-electron chi connectivity index (χ2n) is 2.80. The Morgan fingerprint density at radius 2 is 2.46 bits per heavy atom. The first-order valence-electron chi connectivity index (χ1n) is 4.02. The van der Waals surface area contributed by atoms with Crippen molar-refractivity contribution in [1.82, 2.24) is 0 Å². The third-order valence-electron chi connectivity index (χ3n) is 1.84. The van der Waals surface area contributed by atoms with Crippen LogP contribution in [-0.4, -0.2) is 19.3 Å². The molecule has 0 radical (unpaired) electrons. The van der Waals surface area contributed by atoms with Crippen molar-refractivity contribution in [2.75, 3.05) is 13.2 Å². The van der Waals surface area contributed by atoms with Gasteiger partial charge in [0.15, 0.2) is 6.29 Å². The van der Waals surface area contributed by atoms with Gasteiger partial charge in [-0.25, -0.2) is 0 Å². The lowest BCUT2D eigenvalue weighted by molar-refractivity contribution is -0.0559. The van der Waals surface area contributed by atoms with Gasteiger partial charge in [-0.2, -0.15) is 0 Å². The van der Waals surface area contributed by atoms with Crippen LogP contribution < -0.4 is 5.73 Å². The predicted octanol–water partition coefficient (Wildman–Crippen LogP) is 1.88. The first kappa shape index (κ1) is 9.61. The highest BCUT2D eigenvalue weighted by atomic mass is 79.9. The summed E-state index contributed by atoms with van der Waals surface area (Å²) < 4.78 is 12.1. The van der Waals surface area contributed by atoms with E-state index in [1.165, 1.54) is 0 Å². The van der Waals surface area contributed by atoms with Gasteiger partial charge in [-0.3, -0.25) is 0 Å². The van der Waals surface area contributed by atoms with E-state index in [1.807, 2.05) is 12.1 Å². The van der Waals surface area contributed by atoms with Crippen molar-refractivity contribution in [3.8, 4) is 0 Å². The Labute approximate surface area is 89.0 Å². The zero-order valence-electron chi connectivity index (χ0n) is 6.90. The Bertz CT molecular complexity index is 291. The number of rotatable bonds is 2. The van der Waals surface area contributed by atoms with Crippen LogP contribution in [0.3, 0.4) is 0 Å². The van der Waals surface area contributed by atoms with Crippen LogP contribution in [0.5, 0.6) is 0 Å². The lowest BCUT2D eigenvalue weighted by Gasteiger charge is -2.07. The molecule has 5 heteroatoms. The van der Waals surface area contributed by atoms with Crippen molar-refractivity contribution in [2.24, 2.45) is 5.73 Å². The minimum atomic E-state index is -0.218. The van der Waals surface area contributed by atoms with Gasteiger partial charge in [-0.05, 0) is 28.1 Å². The summed E-state index contributed by atoms with van der Waals surface area (Å²) in [5.41, 5.74) is 5.47. The highest BCUT2D eigenvalue weighted by Crippen LogP contribution is 2.33. The molecule has 2 unspecified atom stereocenters. The van der Waals surface area contributed by atoms with Crippen LogP contribution in [-0.2, 0) is 9.47 Å². The first-order valence-corrected chi connectivity index (χ1v) is 5.63. The fourth-order valence-corrected chi connectivity index (χ4v) is 2.59. The van der Waals surface area contributed by atoms with Gasteiger partial charge < -0.3 is 15.2 Å². The van der Waals surface area contributed by atoms with E-state index in [1.54, 1.807) is 11.3 Å². The normalized spacial score (nSPS) is 28.2. The van der Waals surface area contributed by atoms with Crippen LogP contribution in [0.4, 0.5) is 0 Å². The van der Waals surface area contributed by atoms with Crippen LogP contribution in [0.15, 0.2) is 15.9 Å². The molecule has 2 atom stereocenters. The Morgan fingerprint density at radius 1 is 1.62 bits per heavy atom. The van der Waals surface area contributed by atoms with Crippen LogP contribution in [0.1, 0.15) is 11.2 Å². The summed E-state index contributed by atoms with van der Waals surface area (Å²) >= 11 is 5.02. The molecule has 1 fully saturated rings. The molecule has 72 valence electrons. The molecular formula is C8H10BrNO2S. The van der Waals surface area contributed by atoms with E-state index < -0.39 is 0 Å². The number of hydrogen-bond donors (Lipinski definition) is 1. The molecule has 1 aromatic heterocycles. The van der Waals surface area contributed by atoms with Crippen LogP contribution in [0.2, 0.25) is 0 Å². The summed E-state index contributed by atoms with van der Waals surface area (Å²) in [5, 5.41) is 0. The van der Waals surface area contributed by atoms with E-state index in [0.717, 1.165) is 8.66 Å². The molecule has 0 saturated carbocycles. The van der Waals surface area contributed by atoms with Crippen LogP contribution in [0.25, 0.3) is 0 Å². The van der Waals surface area contributed by atoms with E-state index in [2.05, 4.69) is 15.9 Å². The van der Waals surface area contributed by atoms with Gasteiger partial charge in [0.1, 0.15) is 0 Å². The number of thiophene rings is 1. The molecule has 1 aromatic rings. The predicted molar refractivity (Wildman–Crippen MR) is 54.6 cm³/mol. The summed E-state index contributed by atoms with van der Waals surface area (Å²) in [6.45, 7) is 1.11. The van der Waals surface area contributed by atoms with Crippen LogP contribution in [0, 0.1) is 0 Å². The Morgan fingerprint density at radius 3 is 3.00 bits per heavy atom. The minimum absolute atomic E-state index is 0.0471. The maximum Gasteiger partial charge on any atom is 0.193 e. The van der Waals surface area contributed by atoms with Gasteiger partial charge >= 0.3 is 0 Å². The molecule has 0 bridgehead atoms. The molecule has 13 heavy (non-hydrogen) atoms. The highest BCUT2D eigenvalue weighted by Gasteiger charge is 2.27. The number of halogens is 1. The Kier molecular flexibility index (Phi) is 3.00. The van der Waals surface area contributed by atoms with E-state index in [-0.39, 0.29) is 12.4 Å². The van der Waals surface area contributed by atoms with Gasteiger partial charge in [0.25, 0.3) is 0 Å². The molecule has 0 aromatic carbocycles. The molecule has 2 rings (SSSR count). The molecule has 1 saturated heterocycles. The van der Waals surface area contributed by atoms with Gasteiger partial charge in [0, 0.05) is 6.54 Å². The average molecular weight is 264 g/mol. The quantitative estimate of drug-likeness (QED) is 0.887. The number of nitrogens with two attached hydrogens (primary N) is 1. The largest absolute Gasteiger partial charge is 0.345 e. The summed E-state index contributed by atoms with van der Waals surface area (Å²) in [4.78, 5) is 1.09. The summed E-state index contributed by atoms with van der Waals surface area (Å²) in [6.07, 6.45) is -0.171. The lowest BCUT2D eigenvalue weighted by atomic mass is 10.4. The van der Waals surface area contributed by atoms with E-state index >= 15 is 0 Å². The van der Waals surface area contributed by atoms with Crippen molar-refractivity contribution in [1.29, 1.82) is 0 Å². The maximum atomic E-state index is 5.55. The Hall–Kier alpha value is 0.0600. The SMILES string of the molecule is NCC1COC(c2ccc(Br)s2)O1. The van der Waals surface area contributed by atoms with Gasteiger partial charge in [-0.1, -0.05) is 0 Å². The lowest BCUT2D eigenvalue weighted by Crippen LogP contribution is -2.21. The highest BCUT2D eigenvalue weighted by molar-refractivity contribution is 9.11. The molecule has 0 spiro atoms. The number of ether oxygens (including phenoxy) is 2. The molecule has 1 aliphatic rings. The monoisotopic (exact) mass is 263 g/mol. The summed E-state index contributed by atoms with van der Waals surface area (Å²) in [5.74, 6) is 0. The molecule has 2 N–H and O–H groups in total. The van der Waals surface area contributed by atoms with Crippen molar-refractivity contribution in [3.05, 3.63) is 20.8 Å². The third kappa shape index (κ3) is 2.11. The summed E-state index contributed by atoms with van der Waals surface area (Å²) in [6, 6.07) is 3.99. The van der Waals surface area contributed by atoms with E-state index in [9.17, 15) is 0 Å². The molecule has 3 nitrogen and oxygen atoms in total. The first-order chi connectivity index (χ1) is 6.29. The number of hydrogen-bond acceptors (Lipinski definition) is 4. The van der Waals surface area contributed by atoms with Gasteiger partial charge in [-0.15, -0.1) is 11.3 Å². The van der Waals surface area contributed by atoms with Gasteiger partial charge in [0.2, 0.25) is 0 Å². The molecular weight excluding hydrogens is 254 g/mol. The van der Waals surface area contributed by atoms with E-state index in [4.69, 9.17) is 15.2 Å². The third-order valence-corrected chi connectivity index (χ3v) is 3.48. The van der Waals surface area contributed by atoms with Crippen molar-refractivity contribution < 1.29 is 9.47 Å². The molecule has 0 aliphatic carbocycles. The fourth-order valence-electron chi connectivity index (χ4n) is 1.18. The van der Waals surface area contributed by atoms with Crippen molar-refractivity contribution in [3.63, 3.8) is 0 Å². The smallest absolute Gasteiger partial charge is 0.193 e. The maximum absolute atomic E-state index is 5.55. The minimum Gasteiger partial charge on any atom is -0.345 e. The Balaban J connectivity index is 2.03. The standard InChI is InChI=1S/C8H10BrNO2S/c9-7-2-1-6(13-7)8-11-4-5(3-10)12-8/h1-2,5,8H,3-4,10H2. The fraction of sp³-hybridized carbons (Fsp3) is 0.500. The van der Waals surface area contributed by atoms with Crippen molar-refractivity contribution >= 4 is 27.3 Å².